The molecular formula is C21H20Cl2F3N5. The van der Waals surface area contributed by atoms with E-state index in [1.165, 1.54) is 11.6 Å². The Morgan fingerprint density at radius 2 is 1.77 bits per heavy atom. The van der Waals surface area contributed by atoms with Crippen LogP contribution < -0.4 is 4.90 Å². The third-order valence-electron chi connectivity index (χ3n) is 5.35. The van der Waals surface area contributed by atoms with Gasteiger partial charge in [0, 0.05) is 49.5 Å². The molecule has 2 aromatic heterocycles. The Labute approximate surface area is 188 Å². The molecule has 4 rings (SSSR count). The van der Waals surface area contributed by atoms with Crippen LogP contribution in [0.15, 0.2) is 42.6 Å². The number of anilines is 1. The van der Waals surface area contributed by atoms with Crippen molar-refractivity contribution in [2.45, 2.75) is 19.6 Å². The number of halogens is 5. The molecule has 0 spiro atoms. The van der Waals surface area contributed by atoms with Crippen molar-refractivity contribution >= 4 is 29.0 Å². The van der Waals surface area contributed by atoms with Crippen molar-refractivity contribution < 1.29 is 13.2 Å². The molecule has 5 nitrogen and oxygen atoms in total. The maximum Gasteiger partial charge on any atom is 0.435 e. The van der Waals surface area contributed by atoms with Gasteiger partial charge in [0.2, 0.25) is 0 Å². The normalized spacial score (nSPS) is 15.5. The van der Waals surface area contributed by atoms with Crippen molar-refractivity contribution in [2.24, 2.45) is 0 Å². The van der Waals surface area contributed by atoms with Crippen LogP contribution in [0.1, 0.15) is 17.0 Å². The van der Waals surface area contributed by atoms with Gasteiger partial charge >= 0.3 is 6.18 Å². The highest BCUT2D eigenvalue weighted by Gasteiger charge is 2.38. The predicted molar refractivity (Wildman–Crippen MR) is 115 cm³/mol. The second-order valence-corrected chi connectivity index (χ2v) is 8.23. The second kappa shape index (κ2) is 8.68. The van der Waals surface area contributed by atoms with Gasteiger partial charge in [-0.1, -0.05) is 29.3 Å². The lowest BCUT2D eigenvalue weighted by molar-refractivity contribution is -0.141. The van der Waals surface area contributed by atoms with Gasteiger partial charge in [0.1, 0.15) is 5.82 Å². The molecule has 3 heterocycles. The number of rotatable bonds is 4. The summed E-state index contributed by atoms with van der Waals surface area (Å²) in [6.07, 6.45) is -2.84. The molecule has 1 aliphatic heterocycles. The minimum Gasteiger partial charge on any atom is -0.353 e. The number of aromatic nitrogens is 3. The molecule has 31 heavy (non-hydrogen) atoms. The summed E-state index contributed by atoms with van der Waals surface area (Å²) in [6, 6.07) is 10.2. The Balaban J connectivity index is 1.58. The second-order valence-electron chi connectivity index (χ2n) is 7.38. The molecule has 0 N–H and O–H groups in total. The SMILES string of the molecule is Cc1c(C(F)(F)F)nn(-c2cccc(Cl)c2)c1CN1CCN(c2ncccc2Cl)CC1. The van der Waals surface area contributed by atoms with Gasteiger partial charge in [-0.05, 0) is 37.3 Å². The molecule has 0 saturated carbocycles. The van der Waals surface area contributed by atoms with E-state index >= 15 is 0 Å². The van der Waals surface area contributed by atoms with Gasteiger partial charge in [0.25, 0.3) is 0 Å². The largest absolute Gasteiger partial charge is 0.435 e. The fourth-order valence-corrected chi connectivity index (χ4v) is 4.17. The van der Waals surface area contributed by atoms with Crippen molar-refractivity contribution in [1.29, 1.82) is 0 Å². The van der Waals surface area contributed by atoms with Crippen LogP contribution in [0.25, 0.3) is 5.69 Å². The molecule has 164 valence electrons. The molecule has 0 radical (unpaired) electrons. The van der Waals surface area contributed by atoms with E-state index in [0.717, 1.165) is 5.82 Å². The van der Waals surface area contributed by atoms with E-state index < -0.39 is 11.9 Å². The number of hydrogen-bond donors (Lipinski definition) is 0. The fourth-order valence-electron chi connectivity index (χ4n) is 3.75. The highest BCUT2D eigenvalue weighted by Crippen LogP contribution is 2.34. The van der Waals surface area contributed by atoms with Gasteiger partial charge in [-0.15, -0.1) is 0 Å². The zero-order valence-electron chi connectivity index (χ0n) is 16.7. The molecule has 1 aliphatic rings. The zero-order valence-corrected chi connectivity index (χ0v) is 18.2. The van der Waals surface area contributed by atoms with Crippen molar-refractivity contribution in [2.75, 3.05) is 31.1 Å². The number of pyridine rings is 1. The lowest BCUT2D eigenvalue weighted by Crippen LogP contribution is -2.46. The Kier molecular flexibility index (Phi) is 6.14. The Bertz CT molecular complexity index is 1080. The summed E-state index contributed by atoms with van der Waals surface area (Å²) in [4.78, 5) is 8.54. The van der Waals surface area contributed by atoms with Crippen molar-refractivity contribution in [3.63, 3.8) is 0 Å². The highest BCUT2D eigenvalue weighted by molar-refractivity contribution is 6.32. The summed E-state index contributed by atoms with van der Waals surface area (Å²) in [5.41, 5.74) is 0.253. The van der Waals surface area contributed by atoms with E-state index in [1.807, 2.05) is 0 Å². The van der Waals surface area contributed by atoms with Crippen molar-refractivity contribution in [3.05, 3.63) is 69.6 Å². The first-order valence-corrected chi connectivity index (χ1v) is 10.5. The molecule has 1 saturated heterocycles. The lowest BCUT2D eigenvalue weighted by Gasteiger charge is -2.35. The number of alkyl halides is 3. The summed E-state index contributed by atoms with van der Waals surface area (Å²) in [6.45, 7) is 4.48. The van der Waals surface area contributed by atoms with E-state index in [1.54, 1.807) is 42.6 Å². The number of benzene rings is 1. The molecule has 1 aromatic carbocycles. The summed E-state index contributed by atoms with van der Waals surface area (Å²) >= 11 is 12.3. The number of nitrogens with zero attached hydrogens (tertiary/aromatic N) is 5. The minimum atomic E-state index is -4.53. The van der Waals surface area contributed by atoms with Crippen LogP contribution >= 0.6 is 23.2 Å². The molecule has 3 aromatic rings. The van der Waals surface area contributed by atoms with Gasteiger partial charge in [-0.3, -0.25) is 4.90 Å². The van der Waals surface area contributed by atoms with Crippen LogP contribution in [-0.4, -0.2) is 45.8 Å². The van der Waals surface area contributed by atoms with Crippen LogP contribution in [0, 0.1) is 6.92 Å². The third kappa shape index (κ3) is 4.66. The average Bonchev–Trinajstić information content (AvgIpc) is 3.06. The average molecular weight is 470 g/mol. The Hall–Kier alpha value is -2.29. The zero-order chi connectivity index (χ0) is 22.2. The topological polar surface area (TPSA) is 37.2 Å². The van der Waals surface area contributed by atoms with Crippen LogP contribution in [0.3, 0.4) is 0 Å². The molecule has 0 unspecified atom stereocenters. The summed E-state index contributed by atoms with van der Waals surface area (Å²) in [5.74, 6) is 0.725. The van der Waals surface area contributed by atoms with Crippen molar-refractivity contribution in [1.82, 2.24) is 19.7 Å². The van der Waals surface area contributed by atoms with Gasteiger partial charge in [0.15, 0.2) is 5.69 Å². The summed E-state index contributed by atoms with van der Waals surface area (Å²) in [5, 5.41) is 4.92. The quantitative estimate of drug-likeness (QED) is 0.524. The van der Waals surface area contributed by atoms with Crippen LogP contribution in [0.2, 0.25) is 10.0 Å². The van der Waals surface area contributed by atoms with E-state index in [4.69, 9.17) is 23.2 Å². The first kappa shape index (κ1) is 21.9. The maximum absolute atomic E-state index is 13.6. The maximum atomic E-state index is 13.6. The van der Waals surface area contributed by atoms with E-state index in [9.17, 15) is 13.2 Å². The van der Waals surface area contributed by atoms with Gasteiger partial charge in [0.05, 0.1) is 16.4 Å². The first-order chi connectivity index (χ1) is 14.7. The smallest absolute Gasteiger partial charge is 0.353 e. The van der Waals surface area contributed by atoms with Gasteiger partial charge < -0.3 is 4.90 Å². The third-order valence-corrected chi connectivity index (χ3v) is 5.88. The van der Waals surface area contributed by atoms with Crippen LogP contribution in [0.5, 0.6) is 0 Å². The van der Waals surface area contributed by atoms with Gasteiger partial charge in [-0.25, -0.2) is 9.67 Å². The highest BCUT2D eigenvalue weighted by atomic mass is 35.5. The molecular weight excluding hydrogens is 450 g/mol. The minimum absolute atomic E-state index is 0.127. The molecule has 1 fully saturated rings. The standard InChI is InChI=1S/C21H20Cl2F3N5/c1-14-18(13-29-8-10-30(11-9-29)20-17(23)6-3-7-27-20)31(28-19(14)21(24,25)26)16-5-2-4-15(22)12-16/h2-7,12H,8-11,13H2,1H3. The molecule has 0 atom stereocenters. The Morgan fingerprint density at radius 3 is 2.42 bits per heavy atom. The molecule has 0 aliphatic carbocycles. The van der Waals surface area contributed by atoms with Crippen LogP contribution in [0.4, 0.5) is 19.0 Å². The van der Waals surface area contributed by atoms with Gasteiger partial charge in [-0.2, -0.15) is 18.3 Å². The lowest BCUT2D eigenvalue weighted by atomic mass is 10.1. The monoisotopic (exact) mass is 469 g/mol. The fraction of sp³-hybridized carbons (Fsp3) is 0.333. The number of piperazine rings is 1. The van der Waals surface area contributed by atoms with E-state index in [0.29, 0.717) is 54.2 Å². The van der Waals surface area contributed by atoms with E-state index in [2.05, 4.69) is 19.9 Å². The molecule has 0 amide bonds. The van der Waals surface area contributed by atoms with Crippen molar-refractivity contribution in [3.8, 4) is 5.69 Å². The summed E-state index contributed by atoms with van der Waals surface area (Å²) in [7, 11) is 0. The molecule has 0 bridgehead atoms. The summed E-state index contributed by atoms with van der Waals surface area (Å²) < 4.78 is 42.0. The number of hydrogen-bond acceptors (Lipinski definition) is 4. The van der Waals surface area contributed by atoms with Crippen LogP contribution in [-0.2, 0) is 12.7 Å². The predicted octanol–water partition coefficient (Wildman–Crippen LogP) is 5.22. The molecule has 10 heteroatoms. The van der Waals surface area contributed by atoms with E-state index in [-0.39, 0.29) is 5.56 Å². The Morgan fingerprint density at radius 1 is 1.03 bits per heavy atom. The first-order valence-electron chi connectivity index (χ1n) is 9.73.